The molecule has 80 valence electrons. The van der Waals surface area contributed by atoms with Gasteiger partial charge in [-0.15, -0.1) is 0 Å². The van der Waals surface area contributed by atoms with Gasteiger partial charge in [0.25, 0.3) is 6.43 Å². The van der Waals surface area contributed by atoms with Crippen LogP contribution in [0.5, 0.6) is 0 Å². The zero-order chi connectivity index (χ0) is 10.9. The molecule has 0 amide bonds. The van der Waals surface area contributed by atoms with Crippen LogP contribution in [-0.4, -0.2) is 24.3 Å². The van der Waals surface area contributed by atoms with Gasteiger partial charge in [0.05, 0.1) is 6.10 Å². The Balaban J connectivity index is 2.70. The van der Waals surface area contributed by atoms with E-state index >= 15 is 0 Å². The quantitative estimate of drug-likeness (QED) is 0.658. The van der Waals surface area contributed by atoms with Crippen LogP contribution in [0.1, 0.15) is 26.7 Å². The van der Waals surface area contributed by atoms with Crippen LogP contribution >= 0.6 is 0 Å². The van der Waals surface area contributed by atoms with Crippen molar-refractivity contribution < 1.29 is 23.1 Å². The molecule has 14 heavy (non-hydrogen) atoms. The van der Waals surface area contributed by atoms with Crippen molar-refractivity contribution in [3.8, 4) is 0 Å². The average molecular weight is 206 g/mol. The Hall–Kier alpha value is -1.00. The van der Waals surface area contributed by atoms with E-state index in [9.17, 15) is 18.4 Å². The molecule has 1 rings (SSSR count). The molecule has 0 heterocycles. The molecule has 0 bridgehead atoms. The van der Waals surface area contributed by atoms with Crippen molar-refractivity contribution >= 4 is 11.8 Å². The first-order valence-electron chi connectivity index (χ1n) is 4.39. The van der Waals surface area contributed by atoms with Crippen LogP contribution in [0.25, 0.3) is 0 Å². The van der Waals surface area contributed by atoms with E-state index in [1.54, 1.807) is 13.8 Å². The number of carbonyl (C=O) groups excluding carboxylic acids is 2. The first kappa shape index (κ1) is 11.1. The number of Topliss-reactive ketones (excluding diaryl/α,β-unsaturated/α-hetero) is 1. The summed E-state index contributed by atoms with van der Waals surface area (Å²) >= 11 is 0. The topological polar surface area (TPSA) is 43.4 Å². The number of hydrogen-bond donors (Lipinski definition) is 0. The van der Waals surface area contributed by atoms with E-state index in [2.05, 4.69) is 0 Å². The summed E-state index contributed by atoms with van der Waals surface area (Å²) in [5, 5.41) is 0. The molecule has 0 aliphatic heterocycles. The van der Waals surface area contributed by atoms with Crippen molar-refractivity contribution in [1.82, 2.24) is 0 Å². The summed E-state index contributed by atoms with van der Waals surface area (Å²) in [7, 11) is 0. The molecule has 1 aliphatic rings. The van der Waals surface area contributed by atoms with Crippen molar-refractivity contribution in [3.63, 3.8) is 0 Å². The minimum atomic E-state index is -2.83. The van der Waals surface area contributed by atoms with E-state index < -0.39 is 36.8 Å². The van der Waals surface area contributed by atoms with Gasteiger partial charge in [0.15, 0.2) is 0 Å². The molecule has 0 unspecified atom stereocenters. The summed E-state index contributed by atoms with van der Waals surface area (Å²) in [5.41, 5.74) is -1.86. The van der Waals surface area contributed by atoms with Gasteiger partial charge in [-0.25, -0.2) is 8.78 Å². The summed E-state index contributed by atoms with van der Waals surface area (Å²) in [6.45, 7) is 3.16. The zero-order valence-electron chi connectivity index (χ0n) is 8.05. The molecule has 1 aliphatic carbocycles. The van der Waals surface area contributed by atoms with Crippen molar-refractivity contribution in [3.05, 3.63) is 0 Å². The maximum atomic E-state index is 12.6. The second-order valence-electron chi connectivity index (χ2n) is 3.80. The van der Waals surface area contributed by atoms with Crippen LogP contribution in [0.4, 0.5) is 8.78 Å². The Bertz CT molecular complexity index is 253. The first-order valence-corrected chi connectivity index (χ1v) is 4.39. The second kappa shape index (κ2) is 3.63. The van der Waals surface area contributed by atoms with Gasteiger partial charge in [0, 0.05) is 12.8 Å². The van der Waals surface area contributed by atoms with Gasteiger partial charge in [-0.3, -0.25) is 9.59 Å². The van der Waals surface area contributed by atoms with Crippen LogP contribution in [0.3, 0.4) is 0 Å². The van der Waals surface area contributed by atoms with E-state index in [4.69, 9.17) is 4.74 Å². The van der Waals surface area contributed by atoms with Crippen LogP contribution < -0.4 is 0 Å². The Morgan fingerprint density at radius 2 is 1.93 bits per heavy atom. The second-order valence-corrected chi connectivity index (χ2v) is 3.80. The Morgan fingerprint density at radius 3 is 2.21 bits per heavy atom. The molecule has 0 aromatic heterocycles. The summed E-state index contributed by atoms with van der Waals surface area (Å²) in [6.07, 6.45) is -4.05. The standard InChI is InChI=1S/C9H12F2O3/c1-5(2)14-8(13)9(7(10)11)3-6(12)4-9/h5,7H,3-4H2,1-2H3. The molecule has 3 nitrogen and oxygen atoms in total. The van der Waals surface area contributed by atoms with Crippen LogP contribution in [0, 0.1) is 5.41 Å². The maximum Gasteiger partial charge on any atom is 0.319 e. The minimum Gasteiger partial charge on any atom is -0.462 e. The molecular formula is C9H12F2O3. The zero-order valence-corrected chi connectivity index (χ0v) is 8.05. The van der Waals surface area contributed by atoms with Crippen molar-refractivity contribution in [2.75, 3.05) is 0 Å². The van der Waals surface area contributed by atoms with Gasteiger partial charge in [-0.05, 0) is 13.8 Å². The Morgan fingerprint density at radius 1 is 1.43 bits per heavy atom. The molecule has 0 saturated heterocycles. The largest absolute Gasteiger partial charge is 0.462 e. The number of ether oxygens (including phenoxy) is 1. The molecule has 1 fully saturated rings. The van der Waals surface area contributed by atoms with E-state index in [1.807, 2.05) is 0 Å². The van der Waals surface area contributed by atoms with E-state index in [-0.39, 0.29) is 5.78 Å². The molecule has 0 aromatic rings. The highest BCUT2D eigenvalue weighted by molar-refractivity contribution is 5.98. The highest BCUT2D eigenvalue weighted by atomic mass is 19.3. The third-order valence-corrected chi connectivity index (χ3v) is 2.19. The molecule has 1 saturated carbocycles. The fourth-order valence-electron chi connectivity index (χ4n) is 1.37. The highest BCUT2D eigenvalue weighted by Gasteiger charge is 2.58. The van der Waals surface area contributed by atoms with E-state index in [1.165, 1.54) is 0 Å². The fraction of sp³-hybridized carbons (Fsp3) is 0.778. The number of ketones is 1. The third kappa shape index (κ3) is 1.76. The Labute approximate surface area is 80.4 Å². The van der Waals surface area contributed by atoms with Crippen LogP contribution in [0.2, 0.25) is 0 Å². The lowest BCUT2D eigenvalue weighted by Gasteiger charge is -2.37. The summed E-state index contributed by atoms with van der Waals surface area (Å²) in [4.78, 5) is 22.0. The molecule has 0 spiro atoms. The van der Waals surface area contributed by atoms with Gasteiger partial charge >= 0.3 is 5.97 Å². The van der Waals surface area contributed by atoms with E-state index in [0.29, 0.717) is 0 Å². The monoisotopic (exact) mass is 206 g/mol. The predicted octanol–water partition coefficient (Wildman–Crippen LogP) is 1.55. The van der Waals surface area contributed by atoms with Gasteiger partial charge in [-0.2, -0.15) is 0 Å². The lowest BCUT2D eigenvalue weighted by Crippen LogP contribution is -2.51. The Kier molecular flexibility index (Phi) is 2.87. The number of alkyl halides is 2. The molecular weight excluding hydrogens is 194 g/mol. The number of halogens is 2. The number of carbonyl (C=O) groups is 2. The molecule has 0 atom stereocenters. The summed E-state index contributed by atoms with van der Waals surface area (Å²) < 4.78 is 29.8. The normalized spacial score (nSPS) is 19.7. The SMILES string of the molecule is CC(C)OC(=O)C1(C(F)F)CC(=O)C1. The predicted molar refractivity (Wildman–Crippen MR) is 43.9 cm³/mol. The molecule has 0 N–H and O–H groups in total. The molecule has 5 heteroatoms. The summed E-state index contributed by atoms with van der Waals surface area (Å²) in [6, 6.07) is 0. The van der Waals surface area contributed by atoms with Crippen LogP contribution in [-0.2, 0) is 14.3 Å². The smallest absolute Gasteiger partial charge is 0.319 e. The van der Waals surface area contributed by atoms with Gasteiger partial charge < -0.3 is 4.74 Å². The third-order valence-electron chi connectivity index (χ3n) is 2.19. The average Bonchev–Trinajstić information content (AvgIpc) is 1.95. The maximum absolute atomic E-state index is 12.6. The van der Waals surface area contributed by atoms with E-state index in [0.717, 1.165) is 0 Å². The molecule has 0 radical (unpaired) electrons. The fourth-order valence-corrected chi connectivity index (χ4v) is 1.37. The van der Waals surface area contributed by atoms with Gasteiger partial charge in [-0.1, -0.05) is 0 Å². The number of hydrogen-bond acceptors (Lipinski definition) is 3. The van der Waals surface area contributed by atoms with Crippen LogP contribution in [0.15, 0.2) is 0 Å². The lowest BCUT2D eigenvalue weighted by molar-refractivity contribution is -0.183. The first-order chi connectivity index (χ1) is 6.38. The molecule has 0 aromatic carbocycles. The minimum absolute atomic E-state index is 0.314. The van der Waals surface area contributed by atoms with Crippen molar-refractivity contribution in [2.45, 2.75) is 39.2 Å². The number of rotatable bonds is 3. The van der Waals surface area contributed by atoms with Gasteiger partial charge in [0.1, 0.15) is 11.2 Å². The number of esters is 1. The summed E-state index contributed by atoms with van der Waals surface area (Å²) in [5.74, 6) is -1.27. The van der Waals surface area contributed by atoms with Crippen molar-refractivity contribution in [2.24, 2.45) is 5.41 Å². The van der Waals surface area contributed by atoms with Crippen molar-refractivity contribution in [1.29, 1.82) is 0 Å². The van der Waals surface area contributed by atoms with Gasteiger partial charge in [0.2, 0.25) is 0 Å². The lowest BCUT2D eigenvalue weighted by atomic mass is 9.68. The highest BCUT2D eigenvalue weighted by Crippen LogP contribution is 2.44.